The number of ketones is 1. The summed E-state index contributed by atoms with van der Waals surface area (Å²) in [4.78, 5) is 27.8. The monoisotopic (exact) mass is 495 g/mol. The van der Waals surface area contributed by atoms with Crippen LogP contribution >= 0.6 is 23.2 Å². The maximum Gasteiger partial charge on any atom is 0.300 e. The van der Waals surface area contributed by atoms with Crippen LogP contribution in [0.15, 0.2) is 66.2 Å². The van der Waals surface area contributed by atoms with Gasteiger partial charge in [-0.25, -0.2) is 0 Å². The predicted octanol–water partition coefficient (Wildman–Crippen LogP) is 5.65. The van der Waals surface area contributed by atoms with Gasteiger partial charge in [-0.1, -0.05) is 35.3 Å². The van der Waals surface area contributed by atoms with E-state index in [1.807, 2.05) is 0 Å². The molecule has 1 amide bonds. The number of aliphatic hydroxyl groups is 1. The van der Waals surface area contributed by atoms with Crippen LogP contribution in [0.2, 0.25) is 10.0 Å². The Morgan fingerprint density at radius 2 is 1.68 bits per heavy atom. The van der Waals surface area contributed by atoms with Crippen LogP contribution in [-0.2, 0) is 16.0 Å². The number of ether oxygens (including phenoxy) is 1. The van der Waals surface area contributed by atoms with E-state index in [1.165, 1.54) is 35.2 Å². The number of hydrogen-bond donors (Lipinski definition) is 2. The number of halogens is 2. The molecule has 0 saturated carbocycles. The Bertz CT molecular complexity index is 1330. The van der Waals surface area contributed by atoms with E-state index in [-0.39, 0.29) is 17.1 Å². The zero-order chi connectivity index (χ0) is 24.0. The molecule has 0 aliphatic carbocycles. The summed E-state index contributed by atoms with van der Waals surface area (Å²) in [5.41, 5.74) is 2.11. The second kappa shape index (κ2) is 8.70. The molecule has 1 saturated heterocycles. The maximum absolute atomic E-state index is 13.3. The first kappa shape index (κ1) is 22.3. The van der Waals surface area contributed by atoms with Gasteiger partial charge in [0.25, 0.3) is 11.7 Å². The lowest BCUT2D eigenvalue weighted by atomic mass is 9.94. The average Bonchev–Trinajstić information content (AvgIpc) is 3.08. The standard InChI is InChI=1S/C26H19Cl2NO5/c27-17-11-18(28)13-19(12-17)29-23(14-3-6-20(30)7-4-14)22(25(32)26(29)33)24(31)16-5-8-21-15(10-16)2-1-9-34-21/h3-8,10-13,23,30-31H,1-2,9H2/b24-22-. The number of phenolic OH excluding ortho intramolecular Hbond substituents is 1. The van der Waals surface area contributed by atoms with Crippen LogP contribution < -0.4 is 9.64 Å². The second-order valence-electron chi connectivity index (χ2n) is 8.16. The third-order valence-corrected chi connectivity index (χ3v) is 6.40. The number of amides is 1. The second-order valence-corrected chi connectivity index (χ2v) is 9.04. The summed E-state index contributed by atoms with van der Waals surface area (Å²) >= 11 is 12.4. The van der Waals surface area contributed by atoms with Crippen molar-refractivity contribution in [2.45, 2.75) is 18.9 Å². The van der Waals surface area contributed by atoms with E-state index >= 15 is 0 Å². The van der Waals surface area contributed by atoms with Crippen LogP contribution in [-0.4, -0.2) is 28.5 Å². The highest BCUT2D eigenvalue weighted by Gasteiger charge is 2.47. The topological polar surface area (TPSA) is 87.1 Å². The molecule has 8 heteroatoms. The number of nitrogens with zero attached hydrogens (tertiary/aromatic N) is 1. The number of aromatic hydroxyl groups is 1. The van der Waals surface area contributed by atoms with Crippen LogP contribution in [0.5, 0.6) is 11.5 Å². The molecule has 0 bridgehead atoms. The van der Waals surface area contributed by atoms with Gasteiger partial charge >= 0.3 is 0 Å². The molecule has 2 N–H and O–H groups in total. The number of aryl methyl sites for hydroxylation is 1. The summed E-state index contributed by atoms with van der Waals surface area (Å²) in [7, 11) is 0. The lowest BCUT2D eigenvalue weighted by Gasteiger charge is -2.26. The molecule has 2 heterocycles. The normalized spacial score (nSPS) is 19.1. The Kier molecular flexibility index (Phi) is 5.71. The molecule has 1 fully saturated rings. The fourth-order valence-electron chi connectivity index (χ4n) is 4.41. The molecule has 172 valence electrons. The van der Waals surface area contributed by atoms with Gasteiger partial charge < -0.3 is 14.9 Å². The molecule has 1 unspecified atom stereocenters. The van der Waals surface area contributed by atoms with Crippen molar-refractivity contribution in [2.75, 3.05) is 11.5 Å². The van der Waals surface area contributed by atoms with Crippen molar-refractivity contribution >= 4 is 46.3 Å². The fourth-order valence-corrected chi connectivity index (χ4v) is 4.93. The smallest absolute Gasteiger partial charge is 0.300 e. The number of Topliss-reactive ketones (excluding diaryl/α,β-unsaturated/α-hetero) is 1. The lowest BCUT2D eigenvalue weighted by Crippen LogP contribution is -2.29. The van der Waals surface area contributed by atoms with Gasteiger partial charge in [0, 0.05) is 21.3 Å². The van der Waals surface area contributed by atoms with Crippen LogP contribution in [0.4, 0.5) is 5.69 Å². The van der Waals surface area contributed by atoms with E-state index in [9.17, 15) is 19.8 Å². The molecule has 0 aromatic heterocycles. The van der Waals surface area contributed by atoms with Crippen LogP contribution in [0.3, 0.4) is 0 Å². The maximum atomic E-state index is 13.3. The van der Waals surface area contributed by atoms with Gasteiger partial charge in [-0.2, -0.15) is 0 Å². The Morgan fingerprint density at radius 3 is 2.38 bits per heavy atom. The first-order valence-corrected chi connectivity index (χ1v) is 11.4. The summed E-state index contributed by atoms with van der Waals surface area (Å²) in [5, 5.41) is 21.7. The van der Waals surface area contributed by atoms with Crippen molar-refractivity contribution in [3.8, 4) is 11.5 Å². The van der Waals surface area contributed by atoms with Crippen molar-refractivity contribution in [1.29, 1.82) is 0 Å². The predicted molar refractivity (Wildman–Crippen MR) is 130 cm³/mol. The number of carbonyl (C=O) groups excluding carboxylic acids is 2. The van der Waals surface area contributed by atoms with Crippen LogP contribution in [0, 0.1) is 0 Å². The van der Waals surface area contributed by atoms with Crippen LogP contribution in [0.25, 0.3) is 5.76 Å². The van der Waals surface area contributed by atoms with Crippen molar-refractivity contribution in [1.82, 2.24) is 0 Å². The van der Waals surface area contributed by atoms with E-state index in [1.54, 1.807) is 30.3 Å². The van der Waals surface area contributed by atoms with Gasteiger partial charge in [0.2, 0.25) is 0 Å². The third-order valence-electron chi connectivity index (χ3n) is 5.96. The molecule has 0 spiro atoms. The minimum Gasteiger partial charge on any atom is -0.508 e. The summed E-state index contributed by atoms with van der Waals surface area (Å²) in [5.74, 6) is -1.17. The number of carbonyl (C=O) groups is 2. The molecule has 3 aromatic carbocycles. The summed E-state index contributed by atoms with van der Waals surface area (Å²) in [6.45, 7) is 0.631. The molecule has 3 aromatic rings. The van der Waals surface area contributed by atoms with E-state index < -0.39 is 17.7 Å². The summed E-state index contributed by atoms with van der Waals surface area (Å²) in [6, 6.07) is 14.9. The number of aliphatic hydroxyl groups excluding tert-OH is 1. The number of phenols is 1. The SMILES string of the molecule is O=C1C(=O)N(c2cc(Cl)cc(Cl)c2)C(c2ccc(O)cc2)/C1=C(/O)c1ccc2c(c1)CCCO2. The third kappa shape index (κ3) is 3.89. The summed E-state index contributed by atoms with van der Waals surface area (Å²) in [6.07, 6.45) is 1.64. The molecule has 2 aliphatic heterocycles. The number of benzene rings is 3. The van der Waals surface area contributed by atoms with Gasteiger partial charge in [0.15, 0.2) is 0 Å². The average molecular weight is 496 g/mol. The van der Waals surface area contributed by atoms with Crippen LogP contribution in [0.1, 0.15) is 29.2 Å². The molecule has 5 rings (SSSR count). The zero-order valence-corrected chi connectivity index (χ0v) is 19.3. The van der Waals surface area contributed by atoms with Gasteiger partial charge in [-0.3, -0.25) is 14.5 Å². The van der Waals surface area contributed by atoms with Gasteiger partial charge in [0.1, 0.15) is 17.3 Å². The lowest BCUT2D eigenvalue weighted by molar-refractivity contribution is -0.132. The molecule has 1 atom stereocenters. The van der Waals surface area contributed by atoms with Gasteiger partial charge in [-0.15, -0.1) is 0 Å². The highest BCUT2D eigenvalue weighted by Crippen LogP contribution is 2.44. The highest BCUT2D eigenvalue weighted by atomic mass is 35.5. The first-order chi connectivity index (χ1) is 16.3. The molecule has 0 radical (unpaired) electrons. The van der Waals surface area contributed by atoms with E-state index in [0.717, 1.165) is 24.2 Å². The number of rotatable bonds is 3. The van der Waals surface area contributed by atoms with E-state index in [0.29, 0.717) is 33.5 Å². The molecule has 34 heavy (non-hydrogen) atoms. The first-order valence-electron chi connectivity index (χ1n) is 10.7. The summed E-state index contributed by atoms with van der Waals surface area (Å²) < 4.78 is 5.65. The molecular formula is C26H19Cl2NO5. The quantitative estimate of drug-likeness (QED) is 0.278. The minimum atomic E-state index is -0.956. The Balaban J connectivity index is 1.71. The molecule has 2 aliphatic rings. The van der Waals surface area contributed by atoms with E-state index in [4.69, 9.17) is 27.9 Å². The number of fused-ring (bicyclic) bond motifs is 1. The van der Waals surface area contributed by atoms with E-state index in [2.05, 4.69) is 0 Å². The van der Waals surface area contributed by atoms with Crippen molar-refractivity contribution in [2.24, 2.45) is 0 Å². The Labute approximate surface area is 205 Å². The Hall–Kier alpha value is -3.48. The molecular weight excluding hydrogens is 477 g/mol. The Morgan fingerprint density at radius 1 is 0.971 bits per heavy atom. The fraction of sp³-hybridized carbons (Fsp3) is 0.154. The van der Waals surface area contributed by atoms with Crippen molar-refractivity contribution in [3.05, 3.63) is 93.0 Å². The number of hydrogen-bond acceptors (Lipinski definition) is 5. The number of anilines is 1. The van der Waals surface area contributed by atoms with Gasteiger partial charge in [0.05, 0.1) is 18.2 Å². The minimum absolute atomic E-state index is 0.0289. The zero-order valence-electron chi connectivity index (χ0n) is 17.8. The van der Waals surface area contributed by atoms with Crippen molar-refractivity contribution in [3.63, 3.8) is 0 Å². The highest BCUT2D eigenvalue weighted by molar-refractivity contribution is 6.52. The largest absolute Gasteiger partial charge is 0.508 e. The van der Waals surface area contributed by atoms with Gasteiger partial charge in [-0.05, 0) is 72.5 Å². The van der Waals surface area contributed by atoms with Crippen molar-refractivity contribution < 1.29 is 24.5 Å². The molecule has 6 nitrogen and oxygen atoms in total.